The quantitative estimate of drug-likeness (QED) is 0.359. The Hall–Kier alpha value is -2.45. The van der Waals surface area contributed by atoms with Crippen LogP contribution in [0.2, 0.25) is 0 Å². The monoisotopic (exact) mass is 415 g/mol. The molecule has 0 radical (unpaired) electrons. The summed E-state index contributed by atoms with van der Waals surface area (Å²) in [5.41, 5.74) is 1.78. The molecular weight excluding hydrogens is 394 g/mol. The third-order valence-corrected chi connectivity index (χ3v) is 5.98. The summed E-state index contributed by atoms with van der Waals surface area (Å²) >= 11 is 2.61. The highest BCUT2D eigenvalue weighted by molar-refractivity contribution is 7.99. The van der Waals surface area contributed by atoms with Crippen LogP contribution in [0.5, 0.6) is 0 Å². The third kappa shape index (κ3) is 4.69. The molecule has 2 heterocycles. The molecule has 3 aromatic rings. The van der Waals surface area contributed by atoms with E-state index in [1.165, 1.54) is 27.7 Å². The zero-order chi connectivity index (χ0) is 20.3. The first-order valence-corrected chi connectivity index (χ1v) is 10.7. The van der Waals surface area contributed by atoms with Gasteiger partial charge >= 0.3 is 0 Å². The van der Waals surface area contributed by atoms with Crippen molar-refractivity contribution < 1.29 is 9.59 Å². The molecule has 1 amide bonds. The highest BCUT2D eigenvalue weighted by Crippen LogP contribution is 2.21. The number of rotatable bonds is 7. The number of Topliss-reactive ketones (excluding diaryl/α,β-unsaturated/α-hetero) is 1. The Bertz CT molecular complexity index is 1070. The number of hydrogen-bond acceptors (Lipinski definition) is 6. The van der Waals surface area contributed by atoms with Gasteiger partial charge in [0.1, 0.15) is 4.70 Å². The summed E-state index contributed by atoms with van der Waals surface area (Å²) in [4.78, 5) is 41.1. The fraction of sp³-hybridized carbons (Fsp3) is 0.300. The molecule has 0 fully saturated rings. The van der Waals surface area contributed by atoms with Crippen LogP contribution in [0.25, 0.3) is 10.2 Å². The van der Waals surface area contributed by atoms with E-state index in [-0.39, 0.29) is 28.9 Å². The highest BCUT2D eigenvalue weighted by Gasteiger charge is 2.13. The van der Waals surface area contributed by atoms with Crippen molar-refractivity contribution in [3.63, 3.8) is 0 Å². The molecule has 0 unspecified atom stereocenters. The van der Waals surface area contributed by atoms with Crippen molar-refractivity contribution in [2.45, 2.75) is 25.4 Å². The van der Waals surface area contributed by atoms with E-state index in [2.05, 4.69) is 10.3 Å². The molecule has 28 heavy (non-hydrogen) atoms. The second-order valence-electron chi connectivity index (χ2n) is 6.83. The molecule has 0 saturated carbocycles. The zero-order valence-electron chi connectivity index (χ0n) is 15.9. The van der Waals surface area contributed by atoms with Crippen molar-refractivity contribution >= 4 is 50.7 Å². The summed E-state index contributed by atoms with van der Waals surface area (Å²) in [7, 11) is 1.66. The number of carbonyl (C=O) groups is 2. The number of fused-ring (bicyclic) bond motifs is 1. The summed E-state index contributed by atoms with van der Waals surface area (Å²) in [6.07, 6.45) is 0.456. The van der Waals surface area contributed by atoms with Gasteiger partial charge in [0.2, 0.25) is 5.91 Å². The first-order chi connectivity index (χ1) is 13.3. The first kappa shape index (κ1) is 20.3. The Morgan fingerprint density at radius 1 is 1.21 bits per heavy atom. The number of carbonyl (C=O) groups excluding carboxylic acids is 2. The minimum atomic E-state index is -0.101. The van der Waals surface area contributed by atoms with Crippen molar-refractivity contribution in [1.82, 2.24) is 9.55 Å². The zero-order valence-corrected chi connectivity index (χ0v) is 17.5. The number of nitrogens with one attached hydrogen (secondary N) is 1. The molecule has 0 atom stereocenters. The van der Waals surface area contributed by atoms with Crippen LogP contribution in [0.4, 0.5) is 5.69 Å². The van der Waals surface area contributed by atoms with E-state index in [1.54, 1.807) is 37.4 Å². The summed E-state index contributed by atoms with van der Waals surface area (Å²) < 4.78 is 2.10. The van der Waals surface area contributed by atoms with Gasteiger partial charge in [0.25, 0.3) is 5.56 Å². The van der Waals surface area contributed by atoms with Gasteiger partial charge in [-0.1, -0.05) is 25.6 Å². The van der Waals surface area contributed by atoms with E-state index in [9.17, 15) is 14.4 Å². The topological polar surface area (TPSA) is 81.1 Å². The molecule has 0 spiro atoms. The summed E-state index contributed by atoms with van der Waals surface area (Å²) in [5, 5.41) is 5.17. The molecule has 0 bridgehead atoms. The molecule has 0 aliphatic heterocycles. The molecule has 0 aliphatic carbocycles. The lowest BCUT2D eigenvalue weighted by molar-refractivity contribution is -0.116. The van der Waals surface area contributed by atoms with Crippen LogP contribution < -0.4 is 10.9 Å². The first-order valence-electron chi connectivity index (χ1n) is 8.85. The average molecular weight is 416 g/mol. The number of ketones is 1. The van der Waals surface area contributed by atoms with Gasteiger partial charge in [0.05, 0.1) is 11.3 Å². The Morgan fingerprint density at radius 2 is 1.93 bits per heavy atom. The van der Waals surface area contributed by atoms with Crippen LogP contribution in [0.1, 0.15) is 30.6 Å². The van der Waals surface area contributed by atoms with Gasteiger partial charge in [-0.25, -0.2) is 4.98 Å². The maximum Gasteiger partial charge on any atom is 0.271 e. The number of anilines is 1. The van der Waals surface area contributed by atoms with Crippen molar-refractivity contribution in [3.8, 4) is 0 Å². The van der Waals surface area contributed by atoms with Gasteiger partial charge in [-0.2, -0.15) is 0 Å². The van der Waals surface area contributed by atoms with Crippen molar-refractivity contribution in [3.05, 3.63) is 51.6 Å². The number of nitrogens with zero attached hydrogens (tertiary/aromatic N) is 2. The van der Waals surface area contributed by atoms with Crippen LogP contribution in [-0.4, -0.2) is 27.0 Å². The lowest BCUT2D eigenvalue weighted by Gasteiger charge is -2.08. The second kappa shape index (κ2) is 8.70. The number of aromatic nitrogens is 2. The second-order valence-corrected chi connectivity index (χ2v) is 8.69. The van der Waals surface area contributed by atoms with Crippen molar-refractivity contribution in [2.24, 2.45) is 13.0 Å². The standard InChI is InChI=1S/C20H21N3O3S2/c1-12(2)10-17(25)21-14-6-4-13(5-7-14)16(24)11-28-20-22-15-8-9-27-18(15)19(26)23(20)3/h4-9,12H,10-11H2,1-3H3,(H,21,25). The number of hydrogen-bond donors (Lipinski definition) is 1. The van der Waals surface area contributed by atoms with Crippen molar-refractivity contribution in [2.75, 3.05) is 11.1 Å². The maximum atomic E-state index is 12.5. The Labute approximate surface area is 171 Å². The van der Waals surface area contributed by atoms with Gasteiger partial charge in [-0.05, 0) is 41.6 Å². The molecule has 2 aromatic heterocycles. The SMILES string of the molecule is CC(C)CC(=O)Nc1ccc(C(=O)CSc2nc3ccsc3c(=O)n2C)cc1. The smallest absolute Gasteiger partial charge is 0.271 e. The van der Waals surface area contributed by atoms with Gasteiger partial charge in [0.15, 0.2) is 10.9 Å². The summed E-state index contributed by atoms with van der Waals surface area (Å²) in [6.45, 7) is 3.97. The largest absolute Gasteiger partial charge is 0.326 e. The Balaban J connectivity index is 1.64. The van der Waals surface area contributed by atoms with E-state index in [1.807, 2.05) is 19.2 Å². The van der Waals surface area contributed by atoms with Gasteiger partial charge in [-0.3, -0.25) is 19.0 Å². The van der Waals surface area contributed by atoms with E-state index >= 15 is 0 Å². The molecule has 3 rings (SSSR count). The number of amides is 1. The van der Waals surface area contributed by atoms with Gasteiger partial charge in [0, 0.05) is 24.7 Å². The predicted molar refractivity (Wildman–Crippen MR) is 114 cm³/mol. The van der Waals surface area contributed by atoms with E-state index in [4.69, 9.17) is 0 Å². The third-order valence-electron chi connectivity index (χ3n) is 4.06. The maximum absolute atomic E-state index is 12.5. The highest BCUT2D eigenvalue weighted by atomic mass is 32.2. The lowest BCUT2D eigenvalue weighted by Crippen LogP contribution is -2.19. The summed E-state index contributed by atoms with van der Waals surface area (Å²) in [5.74, 6) is 0.357. The number of thiophene rings is 1. The fourth-order valence-corrected chi connectivity index (χ4v) is 4.30. The Kier molecular flexibility index (Phi) is 6.31. The Morgan fingerprint density at radius 3 is 2.61 bits per heavy atom. The molecule has 1 N–H and O–H groups in total. The van der Waals surface area contributed by atoms with Crippen LogP contribution in [-0.2, 0) is 11.8 Å². The van der Waals surface area contributed by atoms with Gasteiger partial charge in [-0.15, -0.1) is 11.3 Å². The summed E-state index contributed by atoms with van der Waals surface area (Å²) in [6, 6.07) is 8.65. The van der Waals surface area contributed by atoms with E-state index in [0.29, 0.717) is 33.0 Å². The van der Waals surface area contributed by atoms with Crippen LogP contribution >= 0.6 is 23.1 Å². The molecule has 0 saturated heterocycles. The molecule has 1 aromatic carbocycles. The van der Waals surface area contributed by atoms with Crippen LogP contribution in [0, 0.1) is 5.92 Å². The minimum absolute atomic E-state index is 0.0413. The van der Waals surface area contributed by atoms with E-state index < -0.39 is 0 Å². The normalized spacial score (nSPS) is 11.1. The van der Waals surface area contributed by atoms with E-state index in [0.717, 1.165) is 0 Å². The lowest BCUT2D eigenvalue weighted by atomic mass is 10.1. The molecule has 0 aliphatic rings. The molecule has 8 heteroatoms. The number of benzene rings is 1. The molecule has 6 nitrogen and oxygen atoms in total. The van der Waals surface area contributed by atoms with Crippen LogP contribution in [0.15, 0.2) is 45.7 Å². The van der Waals surface area contributed by atoms with Crippen LogP contribution in [0.3, 0.4) is 0 Å². The fourth-order valence-electron chi connectivity index (χ4n) is 2.63. The van der Waals surface area contributed by atoms with Gasteiger partial charge < -0.3 is 5.32 Å². The molecule has 146 valence electrons. The average Bonchev–Trinajstić information content (AvgIpc) is 3.12. The van der Waals surface area contributed by atoms with Crippen molar-refractivity contribution in [1.29, 1.82) is 0 Å². The number of thioether (sulfide) groups is 1. The predicted octanol–water partition coefficient (Wildman–Crippen LogP) is 3.95. The molecular formula is C20H21N3O3S2. The minimum Gasteiger partial charge on any atom is -0.326 e.